The molecule has 2 rings (SSSR count). The molecular formula is C21H24N2O3. The number of hydrogen-bond donors (Lipinski definition) is 1. The Hall–Kier alpha value is -3.00. The van der Waals surface area contributed by atoms with E-state index in [4.69, 9.17) is 14.7 Å². The standard InChI is InChI=1S/C21H24N2O3/c1-5-14(2)17-8-6-7-9-18(17)23-21(24)15(3)26-19-11-10-16(13-22)12-20(19)25-4/h6-12,14-15H,5H2,1-4H3,(H,23,24)/t14-,15+/m0/s1. The minimum Gasteiger partial charge on any atom is -0.493 e. The molecule has 0 aromatic heterocycles. The lowest BCUT2D eigenvalue weighted by atomic mass is 9.97. The van der Waals surface area contributed by atoms with E-state index in [1.165, 1.54) is 7.11 Å². The lowest BCUT2D eigenvalue weighted by Crippen LogP contribution is -2.30. The maximum absolute atomic E-state index is 12.6. The molecule has 0 heterocycles. The first-order valence-electron chi connectivity index (χ1n) is 8.64. The van der Waals surface area contributed by atoms with E-state index in [1.807, 2.05) is 30.3 Å². The average Bonchev–Trinajstić information content (AvgIpc) is 2.67. The van der Waals surface area contributed by atoms with Crippen LogP contribution in [-0.2, 0) is 4.79 Å². The summed E-state index contributed by atoms with van der Waals surface area (Å²) in [5, 5.41) is 11.9. The first-order valence-corrected chi connectivity index (χ1v) is 8.64. The van der Waals surface area contributed by atoms with Crippen molar-refractivity contribution in [1.82, 2.24) is 0 Å². The van der Waals surface area contributed by atoms with Crippen molar-refractivity contribution in [2.75, 3.05) is 12.4 Å². The fourth-order valence-corrected chi connectivity index (χ4v) is 2.57. The monoisotopic (exact) mass is 352 g/mol. The molecule has 0 bridgehead atoms. The predicted molar refractivity (Wildman–Crippen MR) is 102 cm³/mol. The first kappa shape index (κ1) is 19.3. The van der Waals surface area contributed by atoms with Gasteiger partial charge in [0, 0.05) is 11.8 Å². The van der Waals surface area contributed by atoms with Crippen LogP contribution in [0.3, 0.4) is 0 Å². The van der Waals surface area contributed by atoms with Crippen molar-refractivity contribution in [3.63, 3.8) is 0 Å². The normalized spacial score (nSPS) is 12.6. The number of carbonyl (C=O) groups excluding carboxylic acids is 1. The summed E-state index contributed by atoms with van der Waals surface area (Å²) in [7, 11) is 1.50. The zero-order valence-electron chi connectivity index (χ0n) is 15.6. The fourth-order valence-electron chi connectivity index (χ4n) is 2.57. The second kappa shape index (κ2) is 8.91. The van der Waals surface area contributed by atoms with E-state index in [-0.39, 0.29) is 5.91 Å². The number of amides is 1. The summed E-state index contributed by atoms with van der Waals surface area (Å²) in [6, 6.07) is 14.7. The maximum Gasteiger partial charge on any atom is 0.265 e. The molecule has 0 aliphatic carbocycles. The van der Waals surface area contributed by atoms with Gasteiger partial charge in [0.1, 0.15) is 0 Å². The minimum absolute atomic E-state index is 0.243. The number of rotatable bonds is 7. The van der Waals surface area contributed by atoms with Crippen molar-refractivity contribution in [2.45, 2.75) is 39.2 Å². The van der Waals surface area contributed by atoms with E-state index in [2.05, 4.69) is 19.2 Å². The number of benzene rings is 2. The highest BCUT2D eigenvalue weighted by Crippen LogP contribution is 2.30. The molecule has 0 spiro atoms. The molecule has 0 aliphatic rings. The van der Waals surface area contributed by atoms with Crippen LogP contribution in [0.4, 0.5) is 5.69 Å². The Morgan fingerprint density at radius 2 is 1.92 bits per heavy atom. The lowest BCUT2D eigenvalue weighted by Gasteiger charge is -2.19. The summed E-state index contributed by atoms with van der Waals surface area (Å²) in [6.07, 6.45) is 0.267. The zero-order chi connectivity index (χ0) is 19.1. The molecular weight excluding hydrogens is 328 g/mol. The topological polar surface area (TPSA) is 71.3 Å². The predicted octanol–water partition coefficient (Wildman–Crippen LogP) is 4.49. The number of ether oxygens (including phenoxy) is 2. The third kappa shape index (κ3) is 4.54. The van der Waals surface area contributed by atoms with Gasteiger partial charge in [-0.2, -0.15) is 5.26 Å². The van der Waals surface area contributed by atoms with Crippen LogP contribution in [0.15, 0.2) is 42.5 Å². The Bertz CT molecular complexity index is 811. The Morgan fingerprint density at radius 3 is 2.58 bits per heavy atom. The van der Waals surface area contributed by atoms with Crippen molar-refractivity contribution in [3.8, 4) is 17.6 Å². The van der Waals surface area contributed by atoms with Gasteiger partial charge in [-0.25, -0.2) is 0 Å². The van der Waals surface area contributed by atoms with Crippen molar-refractivity contribution in [3.05, 3.63) is 53.6 Å². The molecule has 0 unspecified atom stereocenters. The van der Waals surface area contributed by atoms with Crippen LogP contribution in [0.25, 0.3) is 0 Å². The number of nitrogens with one attached hydrogen (secondary N) is 1. The molecule has 26 heavy (non-hydrogen) atoms. The number of methoxy groups -OCH3 is 1. The van der Waals surface area contributed by atoms with Gasteiger partial charge in [0.15, 0.2) is 17.6 Å². The van der Waals surface area contributed by atoms with Crippen LogP contribution in [0.2, 0.25) is 0 Å². The van der Waals surface area contributed by atoms with Crippen LogP contribution in [0, 0.1) is 11.3 Å². The second-order valence-corrected chi connectivity index (χ2v) is 6.12. The summed E-state index contributed by atoms with van der Waals surface area (Å²) in [5.41, 5.74) is 2.37. The Morgan fingerprint density at radius 1 is 1.19 bits per heavy atom. The van der Waals surface area contributed by atoms with Gasteiger partial charge in [-0.3, -0.25) is 4.79 Å². The molecule has 1 N–H and O–H groups in total. The van der Waals surface area contributed by atoms with Gasteiger partial charge in [-0.15, -0.1) is 0 Å². The van der Waals surface area contributed by atoms with Crippen LogP contribution in [0.5, 0.6) is 11.5 Å². The number of hydrogen-bond acceptors (Lipinski definition) is 4. The van der Waals surface area contributed by atoms with E-state index < -0.39 is 6.10 Å². The molecule has 2 aromatic rings. The molecule has 1 amide bonds. The second-order valence-electron chi connectivity index (χ2n) is 6.12. The quantitative estimate of drug-likeness (QED) is 0.797. The molecule has 0 saturated heterocycles. The molecule has 5 heteroatoms. The zero-order valence-corrected chi connectivity index (χ0v) is 15.6. The van der Waals surface area contributed by atoms with Crippen molar-refractivity contribution < 1.29 is 14.3 Å². The summed E-state index contributed by atoms with van der Waals surface area (Å²) in [4.78, 5) is 12.6. The van der Waals surface area contributed by atoms with Crippen molar-refractivity contribution in [1.29, 1.82) is 5.26 Å². The number of nitrogens with zero attached hydrogens (tertiary/aromatic N) is 1. The van der Waals surface area contributed by atoms with Gasteiger partial charge < -0.3 is 14.8 Å². The highest BCUT2D eigenvalue weighted by atomic mass is 16.5. The number of anilines is 1. The summed E-state index contributed by atoms with van der Waals surface area (Å²) < 4.78 is 11.0. The molecule has 0 radical (unpaired) electrons. The Kier molecular flexibility index (Phi) is 6.62. The van der Waals surface area contributed by atoms with Gasteiger partial charge in [-0.05, 0) is 43.0 Å². The Balaban J connectivity index is 2.13. The van der Waals surface area contributed by atoms with Gasteiger partial charge in [-0.1, -0.05) is 32.0 Å². The SMILES string of the molecule is CC[C@H](C)c1ccccc1NC(=O)[C@@H](C)Oc1ccc(C#N)cc1OC. The van der Waals surface area contributed by atoms with Crippen molar-refractivity contribution >= 4 is 11.6 Å². The first-order chi connectivity index (χ1) is 12.5. The highest BCUT2D eigenvalue weighted by molar-refractivity contribution is 5.94. The molecule has 136 valence electrons. The molecule has 5 nitrogen and oxygen atoms in total. The van der Waals surface area contributed by atoms with Crippen LogP contribution in [-0.4, -0.2) is 19.1 Å². The largest absolute Gasteiger partial charge is 0.493 e. The van der Waals surface area contributed by atoms with Crippen LogP contribution in [0.1, 0.15) is 44.2 Å². The van der Waals surface area contributed by atoms with Gasteiger partial charge in [0.25, 0.3) is 5.91 Å². The van der Waals surface area contributed by atoms with Crippen LogP contribution < -0.4 is 14.8 Å². The third-order valence-electron chi connectivity index (χ3n) is 4.33. The highest BCUT2D eigenvalue weighted by Gasteiger charge is 2.19. The van der Waals surface area contributed by atoms with Gasteiger partial charge >= 0.3 is 0 Å². The number of carbonyl (C=O) groups is 1. The van der Waals surface area contributed by atoms with E-state index in [9.17, 15) is 4.79 Å². The Labute approximate surface area is 154 Å². The average molecular weight is 352 g/mol. The fraction of sp³-hybridized carbons (Fsp3) is 0.333. The number of nitriles is 1. The number of para-hydroxylation sites is 1. The lowest BCUT2D eigenvalue weighted by molar-refractivity contribution is -0.122. The molecule has 2 atom stereocenters. The molecule has 0 aliphatic heterocycles. The molecule has 2 aromatic carbocycles. The summed E-state index contributed by atoms with van der Waals surface area (Å²) >= 11 is 0. The van der Waals surface area contributed by atoms with Crippen molar-refractivity contribution in [2.24, 2.45) is 0 Å². The summed E-state index contributed by atoms with van der Waals surface area (Å²) in [5.74, 6) is 0.946. The van der Waals surface area contributed by atoms with Gasteiger partial charge in [0.2, 0.25) is 0 Å². The smallest absolute Gasteiger partial charge is 0.265 e. The van der Waals surface area contributed by atoms with E-state index >= 15 is 0 Å². The van der Waals surface area contributed by atoms with Gasteiger partial charge in [0.05, 0.1) is 18.7 Å². The summed E-state index contributed by atoms with van der Waals surface area (Å²) in [6.45, 7) is 5.93. The maximum atomic E-state index is 12.6. The third-order valence-corrected chi connectivity index (χ3v) is 4.33. The van der Waals surface area contributed by atoms with E-state index in [1.54, 1.807) is 25.1 Å². The minimum atomic E-state index is -0.721. The van der Waals surface area contributed by atoms with E-state index in [0.29, 0.717) is 23.0 Å². The molecule has 0 fully saturated rings. The molecule has 0 saturated carbocycles. The van der Waals surface area contributed by atoms with Crippen LogP contribution >= 0.6 is 0 Å². The van der Waals surface area contributed by atoms with E-state index in [0.717, 1.165) is 17.7 Å².